The molecule has 0 rings (SSSR count). The van der Waals surface area contributed by atoms with Gasteiger partial charge in [-0.25, -0.2) is 4.79 Å². The second kappa shape index (κ2) is 26.8. The summed E-state index contributed by atoms with van der Waals surface area (Å²) < 4.78 is 75.1. The molecule has 0 aromatic rings. The summed E-state index contributed by atoms with van der Waals surface area (Å²) in [5.74, 6) is -1.97. The van der Waals surface area contributed by atoms with Crippen LogP contribution in [0.1, 0.15) is 19.8 Å². The van der Waals surface area contributed by atoms with Gasteiger partial charge in [0.2, 0.25) is 0 Å². The number of hydrogen-bond donors (Lipinski definition) is 1. The van der Waals surface area contributed by atoms with Crippen molar-refractivity contribution in [3.8, 4) is 0 Å². The fourth-order valence-corrected chi connectivity index (χ4v) is 2.66. The van der Waals surface area contributed by atoms with Crippen LogP contribution in [0, 0.1) is 0 Å². The topological polar surface area (TPSA) is 163 Å². The van der Waals surface area contributed by atoms with Gasteiger partial charge in [0.1, 0.15) is 0 Å². The number of carbonyl (C=O) groups is 2. The van der Waals surface area contributed by atoms with Crippen molar-refractivity contribution >= 4 is 12.0 Å². The van der Waals surface area contributed by atoms with Crippen LogP contribution in [0.4, 0.5) is 18.0 Å². The maximum absolute atomic E-state index is 12.9. The van der Waals surface area contributed by atoms with Crippen LogP contribution in [0.15, 0.2) is 5.11 Å². The second-order valence-corrected chi connectivity index (χ2v) is 7.83. The number of nitrogens with zero attached hydrogens (tertiary/aromatic N) is 4. The van der Waals surface area contributed by atoms with Crippen molar-refractivity contribution in [1.29, 1.82) is 0 Å². The molecule has 2 amide bonds. The van der Waals surface area contributed by atoms with E-state index in [-0.39, 0.29) is 85.7 Å². The van der Waals surface area contributed by atoms with Crippen LogP contribution >= 0.6 is 0 Å². The summed E-state index contributed by atoms with van der Waals surface area (Å²) in [7, 11) is 0. The first kappa shape index (κ1) is 37.6. The lowest BCUT2D eigenvalue weighted by atomic mass is 10.4. The molecule has 0 saturated heterocycles. The number of unbranched alkanes of at least 4 members (excludes halogenated alkanes) is 1. The predicted octanol–water partition coefficient (Wildman–Crippen LogP) is 2.31. The normalized spacial score (nSPS) is 11.2. The van der Waals surface area contributed by atoms with E-state index in [0.717, 1.165) is 12.8 Å². The molecule has 1 N–H and O–H groups in total. The van der Waals surface area contributed by atoms with E-state index in [9.17, 15) is 22.8 Å². The minimum Gasteiger partial charge on any atom is -0.450 e. The summed E-state index contributed by atoms with van der Waals surface area (Å²) in [5, 5.41) is 5.86. The van der Waals surface area contributed by atoms with E-state index in [2.05, 4.69) is 15.3 Å². The lowest BCUT2D eigenvalue weighted by Gasteiger charge is -2.23. The van der Waals surface area contributed by atoms with Crippen LogP contribution in [-0.2, 0) is 38.0 Å². The Balaban J connectivity index is 3.81. The number of alkyl carbamates (subject to hydrolysis) is 1. The van der Waals surface area contributed by atoms with Crippen molar-refractivity contribution in [2.24, 2.45) is 5.11 Å². The Morgan fingerprint density at radius 3 is 1.73 bits per heavy atom. The molecule has 0 aliphatic rings. The molecule has 14 nitrogen and oxygen atoms in total. The van der Waals surface area contributed by atoms with Gasteiger partial charge in [0.05, 0.1) is 85.9 Å². The first-order chi connectivity index (χ1) is 19.3. The van der Waals surface area contributed by atoms with Crippen LogP contribution < -0.4 is 5.32 Å². The first-order valence-electron chi connectivity index (χ1n) is 13.1. The summed E-state index contributed by atoms with van der Waals surface area (Å²) in [6, 6.07) is 0. The smallest absolute Gasteiger partial charge is 0.450 e. The predicted molar refractivity (Wildman–Crippen MR) is 136 cm³/mol. The monoisotopic (exact) mass is 589 g/mol. The molecule has 0 aliphatic carbocycles. The molecule has 0 fully saturated rings. The molecule has 0 radical (unpaired) electrons. The number of hydrogen-bond acceptors (Lipinski definition) is 10. The molecule has 234 valence electrons. The quantitative estimate of drug-likeness (QED) is 0.0656. The summed E-state index contributed by atoms with van der Waals surface area (Å²) in [4.78, 5) is 26.2. The van der Waals surface area contributed by atoms with E-state index in [0.29, 0.717) is 31.3 Å². The molecule has 0 saturated carbocycles. The summed E-state index contributed by atoms with van der Waals surface area (Å²) >= 11 is 0. The molecule has 0 aromatic heterocycles. The highest BCUT2D eigenvalue weighted by Gasteiger charge is 2.42. The summed E-state index contributed by atoms with van der Waals surface area (Å²) in [6.45, 7) is 4.52. The van der Waals surface area contributed by atoms with E-state index in [4.69, 9.17) is 38.7 Å². The number of azide groups is 1. The number of rotatable bonds is 27. The Bertz CT molecular complexity index is 687. The average Bonchev–Trinajstić information content (AvgIpc) is 2.92. The fourth-order valence-electron chi connectivity index (χ4n) is 2.66. The van der Waals surface area contributed by atoms with E-state index < -0.39 is 18.2 Å². The fraction of sp³-hybridized carbons (Fsp3) is 0.913. The maximum atomic E-state index is 12.9. The van der Waals surface area contributed by atoms with Crippen LogP contribution in [0.5, 0.6) is 0 Å². The molecular weight excluding hydrogens is 547 g/mol. The van der Waals surface area contributed by atoms with E-state index >= 15 is 0 Å². The first-order valence-corrected chi connectivity index (χ1v) is 13.1. The third-order valence-electron chi connectivity index (χ3n) is 4.67. The van der Waals surface area contributed by atoms with Gasteiger partial charge in [0, 0.05) is 31.1 Å². The number of ether oxygens (including phenoxy) is 7. The molecular formula is C23H42F3N5O9. The molecule has 0 bridgehead atoms. The van der Waals surface area contributed by atoms with Crippen molar-refractivity contribution in [2.45, 2.75) is 25.9 Å². The van der Waals surface area contributed by atoms with Crippen molar-refractivity contribution in [3.05, 3.63) is 10.4 Å². The van der Waals surface area contributed by atoms with Gasteiger partial charge in [-0.2, -0.15) is 13.2 Å². The second-order valence-electron chi connectivity index (χ2n) is 7.83. The van der Waals surface area contributed by atoms with Gasteiger partial charge in [0.15, 0.2) is 0 Å². The highest BCUT2D eigenvalue weighted by atomic mass is 19.4. The lowest BCUT2D eigenvalue weighted by molar-refractivity contribution is -0.186. The van der Waals surface area contributed by atoms with Gasteiger partial charge < -0.3 is 43.4 Å². The molecule has 0 aliphatic heterocycles. The Hall–Kier alpha value is -2.40. The molecule has 17 heteroatoms. The number of carbonyl (C=O) groups excluding carboxylic acids is 2. The van der Waals surface area contributed by atoms with Gasteiger partial charge in [-0.3, -0.25) is 4.79 Å². The average molecular weight is 590 g/mol. The van der Waals surface area contributed by atoms with Gasteiger partial charge in [-0.15, -0.1) is 0 Å². The third kappa shape index (κ3) is 24.6. The largest absolute Gasteiger partial charge is 0.471 e. The SMILES string of the molecule is CCCCOC(=O)NCCOCCOCCOCCN(CCOCCOCCOCCN=[N+]=[N-])C(=O)C(F)(F)F. The highest BCUT2D eigenvalue weighted by Crippen LogP contribution is 2.18. The molecule has 0 atom stereocenters. The Labute approximate surface area is 232 Å². The molecule has 0 heterocycles. The Morgan fingerprint density at radius 2 is 1.25 bits per heavy atom. The summed E-state index contributed by atoms with van der Waals surface area (Å²) in [6.07, 6.45) is -3.75. The number of halogens is 3. The Kier molecular flexibility index (Phi) is 25.2. The standard InChI is InChI=1S/C23H42F3N5O9/c1-2-3-8-40-22(33)28-4-9-34-13-17-38-19-15-36-11-6-31(21(32)23(24,25)26)7-12-37-16-20-39-18-14-35-10-5-29-30-27/h2-20H2,1H3,(H,28,33). The number of nitrogens with one attached hydrogen (secondary N) is 1. The summed E-state index contributed by atoms with van der Waals surface area (Å²) in [5.41, 5.74) is 8.12. The lowest BCUT2D eigenvalue weighted by Crippen LogP contribution is -2.44. The minimum atomic E-state index is -5.00. The van der Waals surface area contributed by atoms with Gasteiger partial charge in [-0.05, 0) is 12.0 Å². The van der Waals surface area contributed by atoms with Crippen LogP contribution in [-0.4, -0.2) is 135 Å². The van der Waals surface area contributed by atoms with Crippen molar-refractivity contribution in [3.63, 3.8) is 0 Å². The van der Waals surface area contributed by atoms with E-state index in [1.165, 1.54) is 0 Å². The Morgan fingerprint density at radius 1 is 0.775 bits per heavy atom. The molecule has 0 aromatic carbocycles. The zero-order chi connectivity index (χ0) is 29.7. The zero-order valence-electron chi connectivity index (χ0n) is 23.0. The van der Waals surface area contributed by atoms with Crippen molar-refractivity contribution in [1.82, 2.24) is 10.2 Å². The zero-order valence-corrected chi connectivity index (χ0v) is 23.0. The van der Waals surface area contributed by atoms with Crippen LogP contribution in [0.25, 0.3) is 10.4 Å². The minimum absolute atomic E-state index is 0.105. The number of amides is 2. The van der Waals surface area contributed by atoms with Gasteiger partial charge in [-0.1, -0.05) is 18.5 Å². The molecule has 0 spiro atoms. The molecule has 0 unspecified atom stereocenters. The van der Waals surface area contributed by atoms with Crippen molar-refractivity contribution in [2.75, 3.05) is 112 Å². The van der Waals surface area contributed by atoms with Crippen LogP contribution in [0.2, 0.25) is 0 Å². The van der Waals surface area contributed by atoms with E-state index in [1.54, 1.807) is 0 Å². The van der Waals surface area contributed by atoms with Gasteiger partial charge >= 0.3 is 18.2 Å². The van der Waals surface area contributed by atoms with E-state index in [1.807, 2.05) is 6.92 Å². The van der Waals surface area contributed by atoms with Gasteiger partial charge in [0.25, 0.3) is 0 Å². The van der Waals surface area contributed by atoms with Crippen molar-refractivity contribution < 1.29 is 55.9 Å². The number of alkyl halides is 3. The van der Waals surface area contributed by atoms with Crippen LogP contribution in [0.3, 0.4) is 0 Å². The molecule has 40 heavy (non-hydrogen) atoms. The highest BCUT2D eigenvalue weighted by molar-refractivity contribution is 5.81. The maximum Gasteiger partial charge on any atom is 0.471 e. The third-order valence-corrected chi connectivity index (χ3v) is 4.67.